The number of nitro groups is 1. The fraction of sp³-hybridized carbons (Fsp3) is 0. The van der Waals surface area contributed by atoms with Gasteiger partial charge in [-0.2, -0.15) is 10.4 Å². The van der Waals surface area contributed by atoms with E-state index in [1.165, 1.54) is 0 Å². The molecule has 0 saturated carbocycles. The van der Waals surface area contributed by atoms with Crippen molar-refractivity contribution in [3.63, 3.8) is 0 Å². The summed E-state index contributed by atoms with van der Waals surface area (Å²) in [4.78, 5) is 21.1. The first-order chi connectivity index (χ1) is 9.77. The number of hydrazone groups is 1. The lowest BCUT2D eigenvalue weighted by molar-refractivity contribution is -0.385. The van der Waals surface area contributed by atoms with Gasteiger partial charge in [0, 0.05) is 15.7 Å². The molecule has 0 amide bonds. The summed E-state index contributed by atoms with van der Waals surface area (Å²) in [7, 11) is 0. The van der Waals surface area contributed by atoms with Crippen molar-refractivity contribution in [3.8, 4) is 6.07 Å². The highest BCUT2D eigenvalue weighted by atomic mass is 127. The SMILES string of the molecule is N#C/C(=N\Nc1c(I)cc([N+](=O)[O-])cc1C(=O)O)C(=N)N. The van der Waals surface area contributed by atoms with Crippen molar-refractivity contribution in [1.82, 2.24) is 0 Å². The number of nitrogens with two attached hydrogens (primary N) is 1. The average Bonchev–Trinajstić information content (AvgIpc) is 2.39. The molecule has 0 radical (unpaired) electrons. The maximum atomic E-state index is 11.2. The van der Waals surface area contributed by atoms with E-state index in [4.69, 9.17) is 21.5 Å². The number of amidine groups is 1. The zero-order chi connectivity index (χ0) is 16.2. The number of nitriles is 1. The minimum Gasteiger partial charge on any atom is -0.478 e. The first-order valence-corrected chi connectivity index (χ1v) is 6.15. The number of nitro benzene ring substituents is 1. The van der Waals surface area contributed by atoms with E-state index in [0.717, 1.165) is 12.1 Å². The van der Waals surface area contributed by atoms with Gasteiger partial charge in [0.25, 0.3) is 5.69 Å². The summed E-state index contributed by atoms with van der Waals surface area (Å²) in [5.41, 5.74) is 6.12. The van der Waals surface area contributed by atoms with Crippen LogP contribution < -0.4 is 11.2 Å². The molecule has 1 rings (SSSR count). The van der Waals surface area contributed by atoms with Crippen molar-refractivity contribution in [2.75, 3.05) is 5.43 Å². The summed E-state index contributed by atoms with van der Waals surface area (Å²) < 4.78 is 0.212. The van der Waals surface area contributed by atoms with E-state index in [2.05, 4.69) is 10.5 Å². The van der Waals surface area contributed by atoms with Crippen LogP contribution in [0.15, 0.2) is 17.2 Å². The van der Waals surface area contributed by atoms with Gasteiger partial charge in [-0.3, -0.25) is 20.9 Å². The van der Waals surface area contributed by atoms with Crippen molar-refractivity contribution >= 4 is 51.5 Å². The largest absolute Gasteiger partial charge is 0.478 e. The average molecular weight is 402 g/mol. The normalized spacial score (nSPS) is 10.6. The van der Waals surface area contributed by atoms with E-state index < -0.39 is 33.7 Å². The third kappa shape index (κ3) is 3.86. The van der Waals surface area contributed by atoms with Crippen LogP contribution in [-0.4, -0.2) is 27.5 Å². The molecule has 0 fully saturated rings. The van der Waals surface area contributed by atoms with Gasteiger partial charge in [-0.1, -0.05) is 0 Å². The number of halogens is 1. The van der Waals surface area contributed by atoms with E-state index in [0.29, 0.717) is 0 Å². The first-order valence-electron chi connectivity index (χ1n) is 5.07. The van der Waals surface area contributed by atoms with E-state index in [1.807, 2.05) is 0 Å². The van der Waals surface area contributed by atoms with Gasteiger partial charge < -0.3 is 10.8 Å². The van der Waals surface area contributed by atoms with Crippen molar-refractivity contribution in [1.29, 1.82) is 10.7 Å². The monoisotopic (exact) mass is 402 g/mol. The predicted octanol–water partition coefficient (Wildman–Crippen LogP) is 1.13. The van der Waals surface area contributed by atoms with Crippen LogP contribution >= 0.6 is 22.6 Å². The van der Waals surface area contributed by atoms with Crippen LogP contribution in [-0.2, 0) is 0 Å². The molecule has 108 valence electrons. The Balaban J connectivity index is 3.37. The third-order valence-electron chi connectivity index (χ3n) is 2.16. The van der Waals surface area contributed by atoms with Gasteiger partial charge in [0.15, 0.2) is 5.84 Å². The Morgan fingerprint density at radius 3 is 2.67 bits per heavy atom. The zero-order valence-electron chi connectivity index (χ0n) is 10.1. The van der Waals surface area contributed by atoms with Gasteiger partial charge in [0.05, 0.1) is 16.2 Å². The number of non-ortho nitro benzene ring substituents is 1. The summed E-state index contributed by atoms with van der Waals surface area (Å²) in [6.07, 6.45) is 0. The van der Waals surface area contributed by atoms with Crippen LogP contribution in [0.25, 0.3) is 0 Å². The lowest BCUT2D eigenvalue weighted by atomic mass is 10.1. The standard InChI is InChI=1S/C10H7IN6O4/c11-6-2-4(17(20)21)1-5(10(18)19)8(6)16-15-7(3-12)9(13)14/h1-2,16H,(H3,13,14)(H,18,19)/b15-7+. The van der Waals surface area contributed by atoms with Crippen molar-refractivity contribution in [2.45, 2.75) is 0 Å². The number of rotatable bonds is 5. The molecule has 0 atom stereocenters. The molecule has 10 nitrogen and oxygen atoms in total. The second kappa shape index (κ2) is 6.61. The summed E-state index contributed by atoms with van der Waals surface area (Å²) in [6, 6.07) is 3.56. The van der Waals surface area contributed by atoms with E-state index in [1.54, 1.807) is 28.7 Å². The molecular weight excluding hydrogens is 395 g/mol. The Hall–Kier alpha value is -2.75. The van der Waals surface area contributed by atoms with Crippen LogP contribution in [0.4, 0.5) is 11.4 Å². The van der Waals surface area contributed by atoms with Gasteiger partial charge in [-0.15, -0.1) is 0 Å². The quantitative estimate of drug-likeness (QED) is 0.187. The maximum Gasteiger partial charge on any atom is 0.338 e. The molecule has 0 bridgehead atoms. The van der Waals surface area contributed by atoms with E-state index >= 15 is 0 Å². The minimum absolute atomic E-state index is 0.0392. The van der Waals surface area contributed by atoms with Crippen LogP contribution in [0, 0.1) is 30.4 Å². The molecule has 0 heterocycles. The molecule has 11 heteroatoms. The van der Waals surface area contributed by atoms with Crippen molar-refractivity contribution in [3.05, 3.63) is 31.4 Å². The highest BCUT2D eigenvalue weighted by Crippen LogP contribution is 2.28. The van der Waals surface area contributed by atoms with Gasteiger partial charge in [0.2, 0.25) is 5.71 Å². The lowest BCUT2D eigenvalue weighted by Gasteiger charge is -2.08. The molecular formula is C10H7IN6O4. The van der Waals surface area contributed by atoms with Gasteiger partial charge >= 0.3 is 5.97 Å². The number of hydrogen-bond acceptors (Lipinski definition) is 7. The Morgan fingerprint density at radius 1 is 1.62 bits per heavy atom. The van der Waals surface area contributed by atoms with Crippen LogP contribution in [0.3, 0.4) is 0 Å². The molecule has 0 unspecified atom stereocenters. The fourth-order valence-electron chi connectivity index (χ4n) is 1.24. The molecule has 0 aliphatic heterocycles. The smallest absolute Gasteiger partial charge is 0.338 e. The molecule has 0 spiro atoms. The summed E-state index contributed by atoms with van der Waals surface area (Å²) in [5.74, 6) is -2.01. The number of anilines is 1. The maximum absolute atomic E-state index is 11.2. The van der Waals surface area contributed by atoms with E-state index in [-0.39, 0.29) is 9.26 Å². The highest BCUT2D eigenvalue weighted by Gasteiger charge is 2.20. The van der Waals surface area contributed by atoms with Gasteiger partial charge in [0.1, 0.15) is 6.07 Å². The molecule has 0 aliphatic carbocycles. The number of carboxylic acids is 1. The van der Waals surface area contributed by atoms with Crippen LogP contribution in [0.2, 0.25) is 0 Å². The summed E-state index contributed by atoms with van der Waals surface area (Å²) >= 11 is 1.69. The van der Waals surface area contributed by atoms with Crippen LogP contribution in [0.1, 0.15) is 10.4 Å². The number of carboxylic acid groups (broad SMARTS) is 1. The van der Waals surface area contributed by atoms with E-state index in [9.17, 15) is 14.9 Å². The Bertz CT molecular complexity index is 708. The number of hydrogen-bond donors (Lipinski definition) is 4. The lowest BCUT2D eigenvalue weighted by Crippen LogP contribution is -2.22. The van der Waals surface area contributed by atoms with Crippen molar-refractivity contribution < 1.29 is 14.8 Å². The number of nitrogens with zero attached hydrogens (tertiary/aromatic N) is 3. The Morgan fingerprint density at radius 2 is 2.24 bits per heavy atom. The molecule has 1 aromatic carbocycles. The summed E-state index contributed by atoms with van der Waals surface area (Å²) in [5, 5.41) is 39.1. The predicted molar refractivity (Wildman–Crippen MR) is 81.4 cm³/mol. The molecule has 21 heavy (non-hydrogen) atoms. The number of benzene rings is 1. The van der Waals surface area contributed by atoms with Gasteiger partial charge in [-0.05, 0) is 22.6 Å². The summed E-state index contributed by atoms with van der Waals surface area (Å²) in [6.45, 7) is 0. The minimum atomic E-state index is -1.41. The fourth-order valence-corrected chi connectivity index (χ4v) is 1.97. The van der Waals surface area contributed by atoms with Crippen LogP contribution in [0.5, 0.6) is 0 Å². The number of aromatic carboxylic acids is 1. The molecule has 0 aliphatic rings. The zero-order valence-corrected chi connectivity index (χ0v) is 12.3. The topological polar surface area (TPSA) is 178 Å². The first kappa shape index (κ1) is 16.3. The molecule has 1 aromatic rings. The molecule has 0 aromatic heterocycles. The molecule has 5 N–H and O–H groups in total. The number of nitrogens with one attached hydrogen (secondary N) is 2. The molecule has 0 saturated heterocycles. The third-order valence-corrected chi connectivity index (χ3v) is 3.01. The van der Waals surface area contributed by atoms with Gasteiger partial charge in [-0.25, -0.2) is 4.79 Å². The highest BCUT2D eigenvalue weighted by molar-refractivity contribution is 14.1. The Kier molecular flexibility index (Phi) is 5.13. The second-order valence-electron chi connectivity index (χ2n) is 3.51. The van der Waals surface area contributed by atoms with Crippen molar-refractivity contribution in [2.24, 2.45) is 10.8 Å². The number of carbonyl (C=O) groups is 1. The Labute approximate surface area is 131 Å². The second-order valence-corrected chi connectivity index (χ2v) is 4.67.